The molecule has 0 amide bonds. The van der Waals surface area contributed by atoms with E-state index in [2.05, 4.69) is 50.9 Å². The molecule has 3 heterocycles. The lowest BCUT2D eigenvalue weighted by Gasteiger charge is -2.24. The number of aromatic nitrogens is 2. The number of benzene rings is 2. The molecule has 7 nitrogen and oxygen atoms in total. The first kappa shape index (κ1) is 18.6. The third-order valence-corrected chi connectivity index (χ3v) is 5.54. The van der Waals surface area contributed by atoms with Gasteiger partial charge in [0.25, 0.3) is 0 Å². The van der Waals surface area contributed by atoms with Crippen molar-refractivity contribution in [2.45, 2.75) is 25.4 Å². The third-order valence-electron chi connectivity index (χ3n) is 5.54. The Morgan fingerprint density at radius 3 is 2.93 bits per heavy atom. The number of fused-ring (bicyclic) bond motifs is 1. The van der Waals surface area contributed by atoms with Gasteiger partial charge in [-0.2, -0.15) is 10.2 Å². The molecule has 2 N–H and O–H groups in total. The van der Waals surface area contributed by atoms with Crippen LogP contribution in [0, 0.1) is 11.3 Å². The van der Waals surface area contributed by atoms with Crippen molar-refractivity contribution in [2.24, 2.45) is 0 Å². The van der Waals surface area contributed by atoms with Crippen molar-refractivity contribution in [3.05, 3.63) is 77.0 Å². The molecule has 5 rings (SSSR count). The van der Waals surface area contributed by atoms with Crippen LogP contribution in [0.15, 0.2) is 54.7 Å². The maximum Gasteiger partial charge on any atom is 0.229 e. The Balaban J connectivity index is 1.45. The van der Waals surface area contributed by atoms with Gasteiger partial charge in [-0.25, -0.2) is 10.0 Å². The van der Waals surface area contributed by atoms with Crippen molar-refractivity contribution in [1.82, 2.24) is 15.3 Å². The Labute approximate surface area is 175 Å². The fourth-order valence-electron chi connectivity index (χ4n) is 4.02. The fourth-order valence-corrected chi connectivity index (χ4v) is 4.02. The molecule has 0 saturated carbocycles. The Hall–Kier alpha value is -3.47. The molecule has 1 atom stereocenters. The Morgan fingerprint density at radius 1 is 1.17 bits per heavy atom. The van der Waals surface area contributed by atoms with E-state index in [-0.39, 0.29) is 6.04 Å². The van der Waals surface area contributed by atoms with Gasteiger partial charge < -0.3 is 10.6 Å². The Bertz CT molecular complexity index is 1090. The highest BCUT2D eigenvalue weighted by atomic mass is 16.7. The van der Waals surface area contributed by atoms with E-state index < -0.39 is 0 Å². The molecular weight excluding hydrogens is 376 g/mol. The lowest BCUT2D eigenvalue weighted by Crippen LogP contribution is -2.24. The van der Waals surface area contributed by atoms with Crippen LogP contribution in [0.4, 0.5) is 17.5 Å². The van der Waals surface area contributed by atoms with Crippen LogP contribution >= 0.6 is 0 Å². The standard InChI is InChI=1S/C23H22N6O/c24-13-19-15-26-23(27-20-7-6-18-14-25-10-8-17(18)12-20)28-22(19)29-21(9-11-30-29)16-4-2-1-3-5-16/h1-7,12,15,21,25H,8-11,14H2,(H,26,27,28)/t21-/m0/s1. The topological polar surface area (TPSA) is 86.1 Å². The first-order valence-corrected chi connectivity index (χ1v) is 10.2. The molecule has 1 aromatic heterocycles. The zero-order valence-corrected chi connectivity index (χ0v) is 16.5. The monoisotopic (exact) mass is 398 g/mol. The van der Waals surface area contributed by atoms with Crippen LogP contribution in [0.5, 0.6) is 0 Å². The van der Waals surface area contributed by atoms with E-state index in [4.69, 9.17) is 4.84 Å². The van der Waals surface area contributed by atoms with Gasteiger partial charge in [0.05, 0.1) is 18.8 Å². The third kappa shape index (κ3) is 3.59. The second kappa shape index (κ2) is 8.11. The van der Waals surface area contributed by atoms with Crippen LogP contribution in [0.1, 0.15) is 34.7 Å². The van der Waals surface area contributed by atoms with Crippen LogP contribution < -0.4 is 15.7 Å². The molecule has 0 spiro atoms. The summed E-state index contributed by atoms with van der Waals surface area (Å²) in [5.41, 5.74) is 5.12. The molecule has 0 aliphatic carbocycles. The molecule has 0 radical (unpaired) electrons. The summed E-state index contributed by atoms with van der Waals surface area (Å²) in [6.07, 6.45) is 3.39. The normalized spacial score (nSPS) is 18.0. The summed E-state index contributed by atoms with van der Waals surface area (Å²) in [5, 5.41) is 18.0. The number of rotatable bonds is 4. The van der Waals surface area contributed by atoms with Gasteiger partial charge in [0.1, 0.15) is 11.6 Å². The number of hydroxylamine groups is 1. The summed E-state index contributed by atoms with van der Waals surface area (Å²) < 4.78 is 0. The van der Waals surface area contributed by atoms with Gasteiger partial charge in [-0.15, -0.1) is 0 Å². The van der Waals surface area contributed by atoms with E-state index in [0.717, 1.165) is 37.2 Å². The Morgan fingerprint density at radius 2 is 2.07 bits per heavy atom. The van der Waals surface area contributed by atoms with Gasteiger partial charge in [0.2, 0.25) is 5.95 Å². The summed E-state index contributed by atoms with van der Waals surface area (Å²) in [6, 6.07) is 18.7. The summed E-state index contributed by atoms with van der Waals surface area (Å²) in [6.45, 7) is 2.47. The largest absolute Gasteiger partial charge is 0.324 e. The number of nitrogens with one attached hydrogen (secondary N) is 2. The summed E-state index contributed by atoms with van der Waals surface area (Å²) in [4.78, 5) is 14.9. The molecule has 1 fully saturated rings. The molecule has 2 aliphatic rings. The van der Waals surface area contributed by atoms with Crippen molar-refractivity contribution in [3.8, 4) is 6.07 Å². The quantitative estimate of drug-likeness (QED) is 0.694. The Kier molecular flexibility index (Phi) is 5.01. The van der Waals surface area contributed by atoms with Gasteiger partial charge in [-0.1, -0.05) is 36.4 Å². The van der Waals surface area contributed by atoms with Crippen LogP contribution in [0.2, 0.25) is 0 Å². The first-order valence-electron chi connectivity index (χ1n) is 10.2. The maximum atomic E-state index is 9.61. The summed E-state index contributed by atoms with van der Waals surface area (Å²) >= 11 is 0. The molecule has 30 heavy (non-hydrogen) atoms. The highest BCUT2D eigenvalue weighted by Gasteiger charge is 2.31. The lowest BCUT2D eigenvalue weighted by atomic mass is 10.0. The van der Waals surface area contributed by atoms with E-state index in [1.807, 2.05) is 24.3 Å². The molecule has 0 bridgehead atoms. The van der Waals surface area contributed by atoms with Crippen LogP contribution in [-0.2, 0) is 17.8 Å². The van der Waals surface area contributed by atoms with Gasteiger partial charge in [0, 0.05) is 18.7 Å². The van der Waals surface area contributed by atoms with Crippen molar-refractivity contribution in [3.63, 3.8) is 0 Å². The minimum absolute atomic E-state index is 0.0114. The highest BCUT2D eigenvalue weighted by Crippen LogP contribution is 2.35. The van der Waals surface area contributed by atoms with Gasteiger partial charge in [-0.05, 0) is 41.8 Å². The summed E-state index contributed by atoms with van der Waals surface area (Å²) in [7, 11) is 0. The molecule has 2 aliphatic heterocycles. The van der Waals surface area contributed by atoms with Crippen molar-refractivity contribution >= 4 is 17.5 Å². The van der Waals surface area contributed by atoms with Crippen LogP contribution in [0.3, 0.4) is 0 Å². The average Bonchev–Trinajstić information content (AvgIpc) is 3.29. The molecule has 150 valence electrons. The molecule has 2 aromatic carbocycles. The average molecular weight is 398 g/mol. The molecule has 0 unspecified atom stereocenters. The van der Waals surface area contributed by atoms with Gasteiger partial charge in [0.15, 0.2) is 5.82 Å². The number of anilines is 3. The number of hydrogen-bond acceptors (Lipinski definition) is 7. The lowest BCUT2D eigenvalue weighted by molar-refractivity contribution is 0.156. The molecular formula is C23H22N6O. The summed E-state index contributed by atoms with van der Waals surface area (Å²) in [5.74, 6) is 0.934. The number of nitrogens with zero attached hydrogens (tertiary/aromatic N) is 4. The maximum absolute atomic E-state index is 9.61. The van der Waals surface area contributed by atoms with E-state index in [1.54, 1.807) is 11.3 Å². The molecule has 7 heteroatoms. The highest BCUT2D eigenvalue weighted by molar-refractivity contribution is 5.61. The van der Waals surface area contributed by atoms with Crippen molar-refractivity contribution in [2.75, 3.05) is 23.5 Å². The number of hydrogen-bond donors (Lipinski definition) is 2. The van der Waals surface area contributed by atoms with Gasteiger partial charge in [-0.3, -0.25) is 4.84 Å². The van der Waals surface area contributed by atoms with Gasteiger partial charge >= 0.3 is 0 Å². The second-order valence-electron chi connectivity index (χ2n) is 7.45. The van der Waals surface area contributed by atoms with Crippen LogP contribution in [0.25, 0.3) is 0 Å². The fraction of sp³-hybridized carbons (Fsp3) is 0.261. The van der Waals surface area contributed by atoms with Crippen molar-refractivity contribution < 1.29 is 4.84 Å². The first-order chi connectivity index (χ1) is 14.8. The van der Waals surface area contributed by atoms with E-state index in [1.165, 1.54) is 11.1 Å². The van der Waals surface area contributed by atoms with Crippen molar-refractivity contribution in [1.29, 1.82) is 5.26 Å². The van der Waals surface area contributed by atoms with E-state index in [0.29, 0.717) is 23.9 Å². The minimum atomic E-state index is 0.0114. The zero-order chi connectivity index (χ0) is 20.3. The van der Waals surface area contributed by atoms with Crippen LogP contribution in [-0.4, -0.2) is 23.1 Å². The smallest absolute Gasteiger partial charge is 0.229 e. The van der Waals surface area contributed by atoms with E-state index in [9.17, 15) is 5.26 Å². The van der Waals surface area contributed by atoms with E-state index >= 15 is 0 Å². The second-order valence-corrected chi connectivity index (χ2v) is 7.45. The molecule has 3 aromatic rings. The number of nitriles is 1. The minimum Gasteiger partial charge on any atom is -0.324 e. The zero-order valence-electron chi connectivity index (χ0n) is 16.5. The molecule has 1 saturated heterocycles. The predicted molar refractivity (Wildman–Crippen MR) is 114 cm³/mol. The SMILES string of the molecule is N#Cc1cnc(Nc2ccc3c(c2)CCNC3)nc1N1OCC[C@H]1c1ccccc1. The predicted octanol–water partition coefficient (Wildman–Crippen LogP) is 3.62.